The van der Waals surface area contributed by atoms with E-state index in [1.165, 1.54) is 5.56 Å². The van der Waals surface area contributed by atoms with Gasteiger partial charge in [0.2, 0.25) is 5.91 Å². The molecule has 0 aliphatic heterocycles. The summed E-state index contributed by atoms with van der Waals surface area (Å²) in [6.45, 7) is 1.97. The van der Waals surface area contributed by atoms with Gasteiger partial charge in [0.1, 0.15) is 0 Å². The third-order valence-corrected chi connectivity index (χ3v) is 3.09. The topological polar surface area (TPSA) is 46.9 Å². The fraction of sp³-hybridized carbons (Fsp3) is 0.333. The molecule has 0 aliphatic rings. The summed E-state index contributed by atoms with van der Waals surface area (Å²) in [5, 5.41) is 7.09. The third-order valence-electron chi connectivity index (χ3n) is 3.09. The smallest absolute Gasteiger partial charge is 0.220 e. The van der Waals surface area contributed by atoms with E-state index in [0.29, 0.717) is 6.42 Å². The average Bonchev–Trinajstić information content (AvgIpc) is 2.84. The Hall–Kier alpha value is -2.10. The highest BCUT2D eigenvalue weighted by Gasteiger charge is 2.10. The van der Waals surface area contributed by atoms with Crippen LogP contribution in [0.25, 0.3) is 0 Å². The van der Waals surface area contributed by atoms with Crippen LogP contribution in [0.2, 0.25) is 0 Å². The quantitative estimate of drug-likeness (QED) is 0.893. The Bertz CT molecular complexity index is 533. The van der Waals surface area contributed by atoms with Crippen LogP contribution in [0.3, 0.4) is 0 Å². The SMILES string of the molecule is C[C@H](NC(=O)CCc1ccccc1)c1cnn(C)c1. The van der Waals surface area contributed by atoms with Crippen LogP contribution in [0.4, 0.5) is 0 Å². The van der Waals surface area contributed by atoms with Crippen molar-refractivity contribution in [1.29, 1.82) is 0 Å². The van der Waals surface area contributed by atoms with Crippen LogP contribution in [0, 0.1) is 0 Å². The van der Waals surface area contributed by atoms with Gasteiger partial charge in [-0.25, -0.2) is 0 Å². The molecule has 0 bridgehead atoms. The van der Waals surface area contributed by atoms with E-state index in [1.807, 2.05) is 50.5 Å². The number of aryl methyl sites for hydroxylation is 2. The average molecular weight is 257 g/mol. The van der Waals surface area contributed by atoms with Gasteiger partial charge in [-0.3, -0.25) is 9.48 Å². The molecular formula is C15H19N3O. The number of benzene rings is 1. The third kappa shape index (κ3) is 3.95. The number of rotatable bonds is 5. The highest BCUT2D eigenvalue weighted by Crippen LogP contribution is 2.11. The van der Waals surface area contributed by atoms with Crippen LogP contribution in [0.15, 0.2) is 42.7 Å². The molecule has 0 saturated heterocycles. The zero-order valence-electron chi connectivity index (χ0n) is 11.3. The fourth-order valence-corrected chi connectivity index (χ4v) is 1.96. The van der Waals surface area contributed by atoms with Crippen molar-refractivity contribution < 1.29 is 4.79 Å². The van der Waals surface area contributed by atoms with Gasteiger partial charge in [0, 0.05) is 25.2 Å². The number of nitrogens with one attached hydrogen (secondary N) is 1. The first-order chi connectivity index (χ1) is 9.15. The van der Waals surface area contributed by atoms with E-state index in [4.69, 9.17) is 0 Å². The summed E-state index contributed by atoms with van der Waals surface area (Å²) in [5.74, 6) is 0.0696. The molecule has 0 saturated carbocycles. The second-order valence-corrected chi connectivity index (χ2v) is 4.72. The Balaban J connectivity index is 1.81. The minimum atomic E-state index is -0.00280. The maximum absolute atomic E-state index is 11.9. The zero-order valence-corrected chi connectivity index (χ0v) is 11.3. The van der Waals surface area contributed by atoms with Gasteiger partial charge in [0.15, 0.2) is 0 Å². The summed E-state index contributed by atoms with van der Waals surface area (Å²) in [4.78, 5) is 11.9. The second kappa shape index (κ2) is 6.18. The van der Waals surface area contributed by atoms with E-state index in [2.05, 4.69) is 10.4 Å². The Morgan fingerprint density at radius 1 is 1.37 bits per heavy atom. The van der Waals surface area contributed by atoms with Crippen LogP contribution in [-0.4, -0.2) is 15.7 Å². The van der Waals surface area contributed by atoms with Gasteiger partial charge >= 0.3 is 0 Å². The van der Waals surface area contributed by atoms with Crippen LogP contribution in [0.1, 0.15) is 30.5 Å². The Morgan fingerprint density at radius 3 is 2.74 bits per heavy atom. The molecule has 0 radical (unpaired) electrons. The molecule has 0 fully saturated rings. The Kier molecular flexibility index (Phi) is 4.34. The largest absolute Gasteiger partial charge is 0.349 e. The first kappa shape index (κ1) is 13.3. The normalized spacial score (nSPS) is 12.1. The molecule has 2 rings (SSSR count). The lowest BCUT2D eigenvalue weighted by Crippen LogP contribution is -2.26. The maximum Gasteiger partial charge on any atom is 0.220 e. The summed E-state index contributed by atoms with van der Waals surface area (Å²) >= 11 is 0. The molecule has 0 aliphatic carbocycles. The van der Waals surface area contributed by atoms with E-state index < -0.39 is 0 Å². The molecule has 4 heteroatoms. The van der Waals surface area contributed by atoms with E-state index >= 15 is 0 Å². The molecule has 1 atom stereocenters. The lowest BCUT2D eigenvalue weighted by molar-refractivity contribution is -0.121. The van der Waals surface area contributed by atoms with Crippen molar-refractivity contribution in [2.75, 3.05) is 0 Å². The number of nitrogens with zero attached hydrogens (tertiary/aromatic N) is 2. The van der Waals surface area contributed by atoms with Crippen molar-refractivity contribution in [1.82, 2.24) is 15.1 Å². The van der Waals surface area contributed by atoms with Crippen LogP contribution in [0.5, 0.6) is 0 Å². The lowest BCUT2D eigenvalue weighted by atomic mass is 10.1. The monoisotopic (exact) mass is 257 g/mol. The fourth-order valence-electron chi connectivity index (χ4n) is 1.96. The van der Waals surface area contributed by atoms with Crippen molar-refractivity contribution in [3.63, 3.8) is 0 Å². The highest BCUT2D eigenvalue weighted by atomic mass is 16.1. The molecule has 4 nitrogen and oxygen atoms in total. The predicted octanol–water partition coefficient (Wildman–Crippen LogP) is 2.23. The molecule has 1 heterocycles. The summed E-state index contributed by atoms with van der Waals surface area (Å²) in [5.41, 5.74) is 2.21. The number of carbonyl (C=O) groups excluding carboxylic acids is 1. The lowest BCUT2D eigenvalue weighted by Gasteiger charge is -2.12. The summed E-state index contributed by atoms with van der Waals surface area (Å²) in [7, 11) is 1.87. The molecular weight excluding hydrogens is 238 g/mol. The molecule has 0 unspecified atom stereocenters. The first-order valence-electron chi connectivity index (χ1n) is 6.47. The molecule has 0 spiro atoms. The summed E-state index contributed by atoms with van der Waals surface area (Å²) in [6.07, 6.45) is 4.98. The van der Waals surface area contributed by atoms with Crippen LogP contribution >= 0.6 is 0 Å². The number of carbonyl (C=O) groups is 1. The minimum absolute atomic E-state index is 0.00280. The minimum Gasteiger partial charge on any atom is -0.349 e. The number of hydrogen-bond acceptors (Lipinski definition) is 2. The molecule has 1 amide bonds. The van der Waals surface area contributed by atoms with Crippen molar-refractivity contribution in [3.05, 3.63) is 53.9 Å². The van der Waals surface area contributed by atoms with Gasteiger partial charge in [0.25, 0.3) is 0 Å². The number of amides is 1. The summed E-state index contributed by atoms with van der Waals surface area (Å²) < 4.78 is 1.74. The number of hydrogen-bond donors (Lipinski definition) is 1. The van der Waals surface area contributed by atoms with Gasteiger partial charge < -0.3 is 5.32 Å². The first-order valence-corrected chi connectivity index (χ1v) is 6.47. The van der Waals surface area contributed by atoms with E-state index in [-0.39, 0.29) is 11.9 Å². The molecule has 2 aromatic rings. The van der Waals surface area contributed by atoms with Crippen molar-refractivity contribution in [3.8, 4) is 0 Å². The van der Waals surface area contributed by atoms with Crippen LogP contribution in [-0.2, 0) is 18.3 Å². The van der Waals surface area contributed by atoms with Gasteiger partial charge in [-0.05, 0) is 18.9 Å². The predicted molar refractivity (Wildman–Crippen MR) is 74.5 cm³/mol. The Labute approximate surface area is 113 Å². The van der Waals surface area contributed by atoms with Gasteiger partial charge in [0.05, 0.1) is 12.2 Å². The van der Waals surface area contributed by atoms with E-state index in [9.17, 15) is 4.79 Å². The molecule has 1 N–H and O–H groups in total. The summed E-state index contributed by atoms with van der Waals surface area (Å²) in [6, 6.07) is 10.0. The molecule has 19 heavy (non-hydrogen) atoms. The Morgan fingerprint density at radius 2 is 2.11 bits per heavy atom. The van der Waals surface area contributed by atoms with Gasteiger partial charge in [-0.1, -0.05) is 30.3 Å². The second-order valence-electron chi connectivity index (χ2n) is 4.72. The zero-order chi connectivity index (χ0) is 13.7. The standard InChI is InChI=1S/C15H19N3O/c1-12(14-10-16-18(2)11-14)17-15(19)9-8-13-6-4-3-5-7-13/h3-7,10-12H,8-9H2,1-2H3,(H,17,19)/t12-/m0/s1. The number of aromatic nitrogens is 2. The van der Waals surface area contributed by atoms with Gasteiger partial charge in [-0.2, -0.15) is 5.10 Å². The van der Waals surface area contributed by atoms with E-state index in [1.54, 1.807) is 10.9 Å². The van der Waals surface area contributed by atoms with Crippen molar-refractivity contribution in [2.24, 2.45) is 7.05 Å². The van der Waals surface area contributed by atoms with Crippen LogP contribution < -0.4 is 5.32 Å². The molecule has 100 valence electrons. The van der Waals surface area contributed by atoms with E-state index in [0.717, 1.165) is 12.0 Å². The maximum atomic E-state index is 11.9. The highest BCUT2D eigenvalue weighted by molar-refractivity contribution is 5.76. The van der Waals surface area contributed by atoms with Crippen molar-refractivity contribution >= 4 is 5.91 Å². The van der Waals surface area contributed by atoms with Gasteiger partial charge in [-0.15, -0.1) is 0 Å². The molecule has 1 aromatic carbocycles. The van der Waals surface area contributed by atoms with Crippen molar-refractivity contribution in [2.45, 2.75) is 25.8 Å². The molecule has 1 aromatic heterocycles.